The van der Waals surface area contributed by atoms with E-state index < -0.39 is 0 Å². The normalized spacial score (nSPS) is 32.0. The van der Waals surface area contributed by atoms with E-state index in [1.165, 1.54) is 0 Å². The van der Waals surface area contributed by atoms with Crippen molar-refractivity contribution in [3.8, 4) is 0 Å². The maximum atomic E-state index is 11.0. The summed E-state index contributed by atoms with van der Waals surface area (Å²) in [6.45, 7) is 6.91. The molecule has 2 unspecified atom stereocenters. The number of nitrogens with one attached hydrogen (secondary N) is 1. The summed E-state index contributed by atoms with van der Waals surface area (Å²) >= 11 is 0. The van der Waals surface area contributed by atoms with E-state index in [0.717, 1.165) is 25.8 Å². The number of rotatable bonds is 1. The Morgan fingerprint density at radius 3 is 3.17 bits per heavy atom. The van der Waals surface area contributed by atoms with Crippen LogP contribution < -0.4 is 5.32 Å². The lowest BCUT2D eigenvalue weighted by atomic mass is 9.86. The molecule has 1 amide bonds. The first-order valence-electron chi connectivity index (χ1n) is 4.64. The third-order valence-corrected chi connectivity index (χ3v) is 2.64. The molecular weight excluding hydrogens is 150 g/mol. The van der Waals surface area contributed by atoms with Gasteiger partial charge in [0.1, 0.15) is 0 Å². The molecule has 0 aromatic heterocycles. The molecular formula is C10H17NO. The minimum absolute atomic E-state index is 0.0874. The lowest BCUT2D eigenvalue weighted by molar-refractivity contribution is -0.118. The number of hydrogen-bond acceptors (Lipinski definition) is 1. The molecule has 2 atom stereocenters. The molecule has 0 spiro atoms. The Bertz CT molecular complexity index is 156. The molecule has 1 aliphatic rings. The molecule has 1 aliphatic heterocycles. The number of hydrogen-bond donors (Lipinski definition) is 1. The van der Waals surface area contributed by atoms with Gasteiger partial charge in [0.05, 0.1) is 0 Å². The van der Waals surface area contributed by atoms with Crippen LogP contribution in [0.5, 0.6) is 0 Å². The highest BCUT2D eigenvalue weighted by atomic mass is 16.1. The van der Waals surface area contributed by atoms with Crippen molar-refractivity contribution in [2.45, 2.75) is 26.2 Å². The molecule has 1 saturated heterocycles. The highest BCUT2D eigenvalue weighted by Crippen LogP contribution is 2.22. The molecule has 1 rings (SSSR count). The van der Waals surface area contributed by atoms with Gasteiger partial charge in [-0.25, -0.2) is 0 Å². The summed E-state index contributed by atoms with van der Waals surface area (Å²) < 4.78 is 0. The summed E-state index contributed by atoms with van der Waals surface area (Å²) in [5.41, 5.74) is 0. The number of carbonyl (C=O) groups excluding carboxylic acids is 1. The molecule has 1 N–H and O–H groups in total. The van der Waals surface area contributed by atoms with E-state index in [1.807, 2.05) is 0 Å². The van der Waals surface area contributed by atoms with Crippen LogP contribution in [0, 0.1) is 25.2 Å². The Morgan fingerprint density at radius 1 is 1.75 bits per heavy atom. The molecule has 0 bridgehead atoms. The van der Waals surface area contributed by atoms with Crippen molar-refractivity contribution in [2.75, 3.05) is 6.54 Å². The Hall–Kier alpha value is -0.530. The predicted octanol–water partition coefficient (Wildman–Crippen LogP) is 1.58. The Kier molecular flexibility index (Phi) is 3.57. The molecule has 1 heterocycles. The van der Waals surface area contributed by atoms with Crippen LogP contribution in [0.3, 0.4) is 0 Å². The van der Waals surface area contributed by atoms with E-state index in [1.54, 1.807) is 6.42 Å². The van der Waals surface area contributed by atoms with Crippen LogP contribution in [0.15, 0.2) is 0 Å². The van der Waals surface area contributed by atoms with Crippen molar-refractivity contribution < 1.29 is 4.79 Å². The second-order valence-electron chi connectivity index (χ2n) is 3.55. The maximum absolute atomic E-state index is 11.0. The van der Waals surface area contributed by atoms with Gasteiger partial charge in [-0.2, -0.15) is 0 Å². The quantitative estimate of drug-likeness (QED) is 0.631. The zero-order valence-electron chi connectivity index (χ0n) is 7.68. The highest BCUT2D eigenvalue weighted by Gasteiger charge is 2.19. The third kappa shape index (κ3) is 2.50. The van der Waals surface area contributed by atoms with Crippen molar-refractivity contribution in [2.24, 2.45) is 11.8 Å². The second-order valence-corrected chi connectivity index (χ2v) is 3.55. The Morgan fingerprint density at radius 2 is 2.50 bits per heavy atom. The van der Waals surface area contributed by atoms with Gasteiger partial charge in [-0.05, 0) is 24.7 Å². The Labute approximate surface area is 74.7 Å². The fraction of sp³-hybridized carbons (Fsp3) is 0.700. The van der Waals surface area contributed by atoms with Gasteiger partial charge in [-0.1, -0.05) is 20.3 Å². The van der Waals surface area contributed by atoms with Gasteiger partial charge in [0.15, 0.2) is 0 Å². The molecule has 68 valence electrons. The lowest BCUT2D eigenvalue weighted by Gasteiger charge is -2.25. The number of carbonyl (C=O) groups is 1. The summed E-state index contributed by atoms with van der Waals surface area (Å²) in [6.07, 6.45) is 4.73. The van der Waals surface area contributed by atoms with Gasteiger partial charge in [0.2, 0.25) is 5.91 Å². The molecule has 0 aliphatic carbocycles. The smallest absolute Gasteiger partial charge is 0.223 e. The molecule has 2 radical (unpaired) electrons. The third-order valence-electron chi connectivity index (χ3n) is 2.64. The van der Waals surface area contributed by atoms with E-state index in [9.17, 15) is 4.79 Å². The van der Waals surface area contributed by atoms with E-state index >= 15 is 0 Å². The fourth-order valence-corrected chi connectivity index (χ4v) is 1.64. The zero-order valence-corrected chi connectivity index (χ0v) is 7.68. The molecule has 0 saturated carbocycles. The molecule has 0 aromatic carbocycles. The standard InChI is InChI=1S/C10H17NO/c1-3-9-5-4-6-10(12)11-7-8(9)2/h6,8-9H,1,3-5,7H2,2H3,(H,11,12). The van der Waals surface area contributed by atoms with Crippen LogP contribution in [0.1, 0.15) is 26.2 Å². The average Bonchev–Trinajstić information content (AvgIpc) is 2.06. The van der Waals surface area contributed by atoms with E-state index in [-0.39, 0.29) is 5.91 Å². The summed E-state index contributed by atoms with van der Waals surface area (Å²) in [4.78, 5) is 11.0. The number of amides is 1. The monoisotopic (exact) mass is 167 g/mol. The minimum Gasteiger partial charge on any atom is -0.356 e. The van der Waals surface area contributed by atoms with Crippen molar-refractivity contribution in [1.82, 2.24) is 5.32 Å². The summed E-state index contributed by atoms with van der Waals surface area (Å²) in [5, 5.41) is 2.88. The molecule has 1 fully saturated rings. The van der Waals surface area contributed by atoms with Gasteiger partial charge in [0.25, 0.3) is 0 Å². The van der Waals surface area contributed by atoms with E-state index in [4.69, 9.17) is 0 Å². The maximum Gasteiger partial charge on any atom is 0.223 e. The van der Waals surface area contributed by atoms with Crippen LogP contribution in [-0.4, -0.2) is 12.5 Å². The van der Waals surface area contributed by atoms with Crippen LogP contribution >= 0.6 is 0 Å². The van der Waals surface area contributed by atoms with Crippen LogP contribution in [0.2, 0.25) is 0 Å². The summed E-state index contributed by atoms with van der Waals surface area (Å²) in [5.74, 6) is 1.33. The van der Waals surface area contributed by atoms with Gasteiger partial charge in [-0.3, -0.25) is 4.79 Å². The van der Waals surface area contributed by atoms with Gasteiger partial charge in [0, 0.05) is 13.0 Å². The first kappa shape index (κ1) is 9.56. The van der Waals surface area contributed by atoms with Crippen molar-refractivity contribution in [3.05, 3.63) is 13.3 Å². The van der Waals surface area contributed by atoms with E-state index in [0.29, 0.717) is 11.8 Å². The fourth-order valence-electron chi connectivity index (χ4n) is 1.64. The largest absolute Gasteiger partial charge is 0.356 e. The van der Waals surface area contributed by atoms with Crippen LogP contribution in [-0.2, 0) is 4.79 Å². The Balaban J connectivity index is 2.43. The van der Waals surface area contributed by atoms with Gasteiger partial charge >= 0.3 is 0 Å². The first-order valence-corrected chi connectivity index (χ1v) is 4.64. The SMILES string of the molecule is [CH2]CC1CC[CH]C(=O)NCC1C. The van der Waals surface area contributed by atoms with Crippen molar-refractivity contribution in [3.63, 3.8) is 0 Å². The first-order chi connectivity index (χ1) is 5.74. The summed E-state index contributed by atoms with van der Waals surface area (Å²) in [7, 11) is 0. The van der Waals surface area contributed by atoms with Crippen molar-refractivity contribution >= 4 is 5.91 Å². The van der Waals surface area contributed by atoms with Crippen LogP contribution in [0.4, 0.5) is 0 Å². The second kappa shape index (κ2) is 4.48. The van der Waals surface area contributed by atoms with Gasteiger partial charge in [-0.15, -0.1) is 0 Å². The topological polar surface area (TPSA) is 29.1 Å². The minimum atomic E-state index is 0.0874. The molecule has 0 aromatic rings. The molecule has 2 heteroatoms. The lowest BCUT2D eigenvalue weighted by Crippen LogP contribution is -2.33. The van der Waals surface area contributed by atoms with Crippen LogP contribution in [0.25, 0.3) is 0 Å². The van der Waals surface area contributed by atoms with Gasteiger partial charge < -0.3 is 5.32 Å². The average molecular weight is 167 g/mol. The van der Waals surface area contributed by atoms with E-state index in [2.05, 4.69) is 19.2 Å². The molecule has 12 heavy (non-hydrogen) atoms. The molecule has 2 nitrogen and oxygen atoms in total. The summed E-state index contributed by atoms with van der Waals surface area (Å²) in [6, 6.07) is 0. The highest BCUT2D eigenvalue weighted by molar-refractivity contribution is 5.84. The zero-order chi connectivity index (χ0) is 8.97. The van der Waals surface area contributed by atoms with Crippen molar-refractivity contribution in [1.29, 1.82) is 0 Å². The predicted molar refractivity (Wildman–Crippen MR) is 49.2 cm³/mol.